The molecule has 0 fully saturated rings. The highest BCUT2D eigenvalue weighted by Gasteiger charge is 2.21. The third-order valence-electron chi connectivity index (χ3n) is 5.04. The Kier molecular flexibility index (Phi) is 6.99. The van der Waals surface area contributed by atoms with Crippen molar-refractivity contribution >= 4 is 16.9 Å². The summed E-state index contributed by atoms with van der Waals surface area (Å²) in [7, 11) is 0. The van der Waals surface area contributed by atoms with Gasteiger partial charge in [-0.1, -0.05) is 37.3 Å². The van der Waals surface area contributed by atoms with Crippen molar-refractivity contribution in [2.24, 2.45) is 11.7 Å². The summed E-state index contributed by atoms with van der Waals surface area (Å²) in [5.41, 5.74) is 7.65. The molecule has 3 N–H and O–H groups in total. The summed E-state index contributed by atoms with van der Waals surface area (Å²) in [6.45, 7) is 2.83. The molecule has 3 aromatic rings. The van der Waals surface area contributed by atoms with Crippen molar-refractivity contribution in [3.8, 4) is 6.07 Å². The van der Waals surface area contributed by atoms with E-state index >= 15 is 0 Å². The number of hydrogen-bond donors (Lipinski definition) is 2. The van der Waals surface area contributed by atoms with Crippen molar-refractivity contribution in [2.45, 2.75) is 26.2 Å². The van der Waals surface area contributed by atoms with Gasteiger partial charge in [-0.3, -0.25) is 9.59 Å². The smallest absolute Gasteiger partial charge is 0.223 e. The van der Waals surface area contributed by atoms with E-state index in [0.29, 0.717) is 60.2 Å². The third-order valence-corrected chi connectivity index (χ3v) is 5.04. The van der Waals surface area contributed by atoms with Crippen molar-refractivity contribution in [2.75, 3.05) is 13.1 Å². The molecule has 1 atom stereocenters. The first kappa shape index (κ1) is 21.3. The normalized spacial score (nSPS) is 11.8. The van der Waals surface area contributed by atoms with E-state index in [4.69, 9.17) is 10.2 Å². The number of rotatable bonds is 8. The van der Waals surface area contributed by atoms with E-state index < -0.39 is 0 Å². The van der Waals surface area contributed by atoms with E-state index in [1.807, 2.05) is 30.3 Å². The van der Waals surface area contributed by atoms with E-state index in [-0.39, 0.29) is 17.3 Å². The number of amides is 1. The first-order valence-corrected chi connectivity index (χ1v) is 10.0. The van der Waals surface area contributed by atoms with Gasteiger partial charge in [-0.2, -0.15) is 5.26 Å². The molecule has 2 aromatic carbocycles. The van der Waals surface area contributed by atoms with Gasteiger partial charge in [0.05, 0.1) is 17.0 Å². The second-order valence-electron chi connectivity index (χ2n) is 7.36. The van der Waals surface area contributed by atoms with Gasteiger partial charge >= 0.3 is 0 Å². The Hall–Kier alpha value is -3.43. The molecule has 3 rings (SSSR count). The maximum atomic E-state index is 13.3. The molecule has 0 unspecified atom stereocenters. The lowest BCUT2D eigenvalue weighted by Gasteiger charge is -2.15. The average Bonchev–Trinajstić information content (AvgIpc) is 2.76. The fourth-order valence-corrected chi connectivity index (χ4v) is 3.35. The highest BCUT2D eigenvalue weighted by atomic mass is 16.3. The number of carbonyl (C=O) groups is 1. The molecule has 1 heterocycles. The van der Waals surface area contributed by atoms with Crippen LogP contribution >= 0.6 is 0 Å². The molecule has 0 spiro atoms. The quantitative estimate of drug-likeness (QED) is 0.562. The Morgan fingerprint density at radius 2 is 2.00 bits per heavy atom. The van der Waals surface area contributed by atoms with Crippen LogP contribution in [0.4, 0.5) is 0 Å². The predicted molar refractivity (Wildman–Crippen MR) is 116 cm³/mol. The largest absolute Gasteiger partial charge is 0.460 e. The molecule has 0 radical (unpaired) electrons. The summed E-state index contributed by atoms with van der Waals surface area (Å²) in [6.07, 6.45) is 1.41. The lowest BCUT2D eigenvalue weighted by molar-refractivity contribution is -0.124. The number of carbonyl (C=O) groups excluding carboxylic acids is 1. The van der Waals surface area contributed by atoms with Crippen molar-refractivity contribution in [1.82, 2.24) is 5.32 Å². The molecule has 1 aromatic heterocycles. The molecule has 0 bridgehead atoms. The van der Waals surface area contributed by atoms with Gasteiger partial charge in [-0.05, 0) is 36.7 Å². The second kappa shape index (κ2) is 9.86. The van der Waals surface area contributed by atoms with E-state index in [9.17, 15) is 14.9 Å². The van der Waals surface area contributed by atoms with Gasteiger partial charge in [-0.25, -0.2) is 0 Å². The van der Waals surface area contributed by atoms with Crippen LogP contribution in [0.15, 0.2) is 57.7 Å². The highest BCUT2D eigenvalue weighted by Crippen LogP contribution is 2.22. The van der Waals surface area contributed by atoms with Crippen LogP contribution in [0.5, 0.6) is 0 Å². The Morgan fingerprint density at radius 1 is 1.23 bits per heavy atom. The Morgan fingerprint density at radius 3 is 2.70 bits per heavy atom. The molecule has 0 saturated heterocycles. The standard InChI is InChI=1S/C24H25N3O3/c1-16(24(29)27-11-5-10-25)12-21-20(13-17-6-3-2-4-7-17)23(28)19-9-8-18(15-26)14-22(19)30-21/h2-4,6-9,14,16H,5,10-13,25H2,1H3,(H,27,29)/t16-/m1/s1. The molecular formula is C24H25N3O3. The first-order valence-electron chi connectivity index (χ1n) is 10.0. The van der Waals surface area contributed by atoms with E-state index in [1.165, 1.54) is 0 Å². The van der Waals surface area contributed by atoms with Crippen LogP contribution < -0.4 is 16.5 Å². The van der Waals surface area contributed by atoms with E-state index in [2.05, 4.69) is 11.4 Å². The highest BCUT2D eigenvalue weighted by molar-refractivity contribution is 5.80. The molecule has 0 aliphatic rings. The first-order chi connectivity index (χ1) is 14.5. The molecule has 1 amide bonds. The topological polar surface area (TPSA) is 109 Å². The molecule has 6 heteroatoms. The summed E-state index contributed by atoms with van der Waals surface area (Å²) < 4.78 is 6.08. The van der Waals surface area contributed by atoms with Crippen LogP contribution in [-0.4, -0.2) is 19.0 Å². The Labute approximate surface area is 175 Å². The average molecular weight is 403 g/mol. The van der Waals surface area contributed by atoms with Gasteiger partial charge in [0, 0.05) is 30.9 Å². The predicted octanol–water partition coefficient (Wildman–Crippen LogP) is 2.90. The van der Waals surface area contributed by atoms with Gasteiger partial charge in [0.25, 0.3) is 0 Å². The number of nitrogens with two attached hydrogens (primary N) is 1. The SMILES string of the molecule is C[C@H](Cc1oc2cc(C#N)ccc2c(=O)c1Cc1ccccc1)C(=O)NCCCN. The molecule has 6 nitrogen and oxygen atoms in total. The van der Waals surface area contributed by atoms with Crippen molar-refractivity contribution in [3.63, 3.8) is 0 Å². The molecule has 30 heavy (non-hydrogen) atoms. The second-order valence-corrected chi connectivity index (χ2v) is 7.36. The zero-order valence-corrected chi connectivity index (χ0v) is 17.0. The summed E-state index contributed by atoms with van der Waals surface area (Å²) in [6, 6.07) is 16.5. The van der Waals surface area contributed by atoms with Crippen LogP contribution in [0.3, 0.4) is 0 Å². The van der Waals surface area contributed by atoms with Crippen LogP contribution in [0.1, 0.15) is 35.8 Å². The number of benzene rings is 2. The number of nitrogens with one attached hydrogen (secondary N) is 1. The van der Waals surface area contributed by atoms with Crippen LogP contribution in [0.25, 0.3) is 11.0 Å². The van der Waals surface area contributed by atoms with Gasteiger partial charge < -0.3 is 15.5 Å². The zero-order chi connectivity index (χ0) is 21.5. The summed E-state index contributed by atoms with van der Waals surface area (Å²) in [5.74, 6) is -0.00685. The maximum absolute atomic E-state index is 13.3. The minimum atomic E-state index is -0.378. The molecule has 0 saturated carbocycles. The van der Waals surface area contributed by atoms with E-state index in [0.717, 1.165) is 5.56 Å². The minimum absolute atomic E-state index is 0.109. The number of hydrogen-bond acceptors (Lipinski definition) is 5. The van der Waals surface area contributed by atoms with Crippen molar-refractivity contribution in [3.05, 3.63) is 81.2 Å². The van der Waals surface area contributed by atoms with Gasteiger partial charge in [-0.15, -0.1) is 0 Å². The lowest BCUT2D eigenvalue weighted by atomic mass is 9.96. The number of fused-ring (bicyclic) bond motifs is 1. The Balaban J connectivity index is 2.00. The summed E-state index contributed by atoms with van der Waals surface area (Å²) in [4.78, 5) is 25.7. The van der Waals surface area contributed by atoms with Crippen molar-refractivity contribution < 1.29 is 9.21 Å². The molecule has 0 aliphatic carbocycles. The third kappa shape index (κ3) is 4.94. The van der Waals surface area contributed by atoms with Crippen LogP contribution in [0.2, 0.25) is 0 Å². The van der Waals surface area contributed by atoms with Gasteiger partial charge in [0.15, 0.2) is 5.43 Å². The molecular weight excluding hydrogens is 378 g/mol. The van der Waals surface area contributed by atoms with Gasteiger partial charge in [0.2, 0.25) is 5.91 Å². The fraction of sp³-hybridized carbons (Fsp3) is 0.292. The number of nitriles is 1. The van der Waals surface area contributed by atoms with Crippen molar-refractivity contribution in [1.29, 1.82) is 5.26 Å². The monoisotopic (exact) mass is 403 g/mol. The van der Waals surface area contributed by atoms with E-state index in [1.54, 1.807) is 25.1 Å². The maximum Gasteiger partial charge on any atom is 0.223 e. The fourth-order valence-electron chi connectivity index (χ4n) is 3.35. The molecule has 154 valence electrons. The lowest BCUT2D eigenvalue weighted by Crippen LogP contribution is -2.32. The van der Waals surface area contributed by atoms with Crippen LogP contribution in [0, 0.1) is 17.2 Å². The van der Waals surface area contributed by atoms with Gasteiger partial charge in [0.1, 0.15) is 11.3 Å². The summed E-state index contributed by atoms with van der Waals surface area (Å²) in [5, 5.41) is 12.5. The molecule has 0 aliphatic heterocycles. The number of nitrogens with zero attached hydrogens (tertiary/aromatic N) is 1. The minimum Gasteiger partial charge on any atom is -0.460 e. The van der Waals surface area contributed by atoms with Crippen LogP contribution in [-0.2, 0) is 17.6 Å². The Bertz CT molecular complexity index is 1130. The zero-order valence-electron chi connectivity index (χ0n) is 17.0. The summed E-state index contributed by atoms with van der Waals surface area (Å²) >= 11 is 0.